The molecule has 1 aromatic carbocycles. The van der Waals surface area contributed by atoms with Crippen LogP contribution in [0.15, 0.2) is 51.6 Å². The smallest absolute Gasteiger partial charge is 0.268 e. The lowest BCUT2D eigenvalue weighted by atomic mass is 10.1. The molecule has 2 atom stereocenters. The van der Waals surface area contributed by atoms with Crippen molar-refractivity contribution < 1.29 is 19.1 Å². The van der Waals surface area contributed by atoms with E-state index in [9.17, 15) is 9.59 Å². The van der Waals surface area contributed by atoms with Gasteiger partial charge in [-0.1, -0.05) is 34.1 Å². The highest BCUT2D eigenvalue weighted by atomic mass is 79.9. The third kappa shape index (κ3) is 5.49. The summed E-state index contributed by atoms with van der Waals surface area (Å²) in [5, 5.41) is 6.98. The average molecular weight is 573 g/mol. The second-order valence-electron chi connectivity index (χ2n) is 8.70. The number of anilines is 1. The molecule has 2 N–H and O–H groups in total. The number of fused-ring (bicyclic) bond motifs is 1. The molecule has 0 bridgehead atoms. The number of rotatable bonds is 9. The normalized spacial score (nSPS) is 17.8. The molecule has 3 heterocycles. The van der Waals surface area contributed by atoms with Crippen molar-refractivity contribution in [2.75, 3.05) is 5.32 Å². The number of hydrogen-bond donors (Lipinski definition) is 2. The maximum Gasteiger partial charge on any atom is 0.268 e. The van der Waals surface area contributed by atoms with Crippen LogP contribution in [0.3, 0.4) is 0 Å². The van der Waals surface area contributed by atoms with Crippen molar-refractivity contribution in [3.05, 3.63) is 52.0 Å². The van der Waals surface area contributed by atoms with E-state index >= 15 is 0 Å². The number of halogens is 1. The molecule has 0 spiro atoms. The number of ether oxygens (including phenoxy) is 2. The standard InChI is InChI=1S/C24H25BrN6O4S/c1-13(32)28-18(15-7-8-15)9-10-31-22-20(21(26-12-27-22)29-14(2)33)30-24(31)36-19-11-34-23(35-19)16-5-3-4-6-17(16)25/h3-6,11-12,15,18,23H,7-10H2,1-2H3,(H,28,32)(H,26,27,29,33). The Labute approximate surface area is 220 Å². The number of carbonyl (C=O) groups excluding carboxylic acids is 2. The number of aromatic nitrogens is 4. The van der Waals surface area contributed by atoms with Gasteiger partial charge in [0, 0.05) is 36.5 Å². The maximum absolute atomic E-state index is 11.7. The molecule has 188 valence electrons. The topological polar surface area (TPSA) is 120 Å². The zero-order valence-corrected chi connectivity index (χ0v) is 22.1. The zero-order chi connectivity index (χ0) is 25.2. The summed E-state index contributed by atoms with van der Waals surface area (Å²) in [7, 11) is 0. The van der Waals surface area contributed by atoms with Crippen molar-refractivity contribution >= 4 is 56.5 Å². The summed E-state index contributed by atoms with van der Waals surface area (Å²) in [6, 6.07) is 7.79. The first kappa shape index (κ1) is 24.6. The van der Waals surface area contributed by atoms with E-state index < -0.39 is 6.29 Å². The average Bonchev–Trinajstić information content (AvgIpc) is 3.48. The van der Waals surface area contributed by atoms with Gasteiger partial charge in [-0.25, -0.2) is 15.0 Å². The summed E-state index contributed by atoms with van der Waals surface area (Å²) >= 11 is 4.84. The lowest BCUT2D eigenvalue weighted by Gasteiger charge is -2.18. The van der Waals surface area contributed by atoms with Crippen LogP contribution >= 0.6 is 27.7 Å². The summed E-state index contributed by atoms with van der Waals surface area (Å²) in [6.45, 7) is 3.53. The number of benzene rings is 1. The molecule has 1 aliphatic carbocycles. The zero-order valence-electron chi connectivity index (χ0n) is 19.7. The van der Waals surface area contributed by atoms with E-state index in [0.29, 0.717) is 39.7 Å². The Morgan fingerprint density at radius 3 is 2.75 bits per heavy atom. The van der Waals surface area contributed by atoms with Gasteiger partial charge in [-0.2, -0.15) is 0 Å². The Bertz CT molecular complexity index is 1340. The second-order valence-corrected chi connectivity index (χ2v) is 10.5. The van der Waals surface area contributed by atoms with Crippen LogP contribution in [-0.4, -0.2) is 37.4 Å². The molecular weight excluding hydrogens is 548 g/mol. The molecule has 2 aromatic heterocycles. The molecule has 10 nitrogen and oxygen atoms in total. The Morgan fingerprint density at radius 2 is 2.03 bits per heavy atom. The van der Waals surface area contributed by atoms with Crippen LogP contribution in [0.2, 0.25) is 0 Å². The van der Waals surface area contributed by atoms with Gasteiger partial charge in [0.2, 0.25) is 16.9 Å². The molecule has 2 unspecified atom stereocenters. The van der Waals surface area contributed by atoms with Crippen molar-refractivity contribution in [3.8, 4) is 0 Å². The maximum atomic E-state index is 11.7. The minimum Gasteiger partial charge on any atom is -0.454 e. The van der Waals surface area contributed by atoms with E-state index in [0.717, 1.165) is 29.3 Å². The Morgan fingerprint density at radius 1 is 1.22 bits per heavy atom. The van der Waals surface area contributed by atoms with Crippen LogP contribution < -0.4 is 10.6 Å². The minimum atomic E-state index is -0.574. The van der Waals surface area contributed by atoms with Crippen LogP contribution in [0.1, 0.15) is 45.0 Å². The first-order chi connectivity index (χ1) is 17.4. The molecule has 0 saturated heterocycles. The molecule has 2 aliphatic rings. The highest BCUT2D eigenvalue weighted by Gasteiger charge is 2.32. The number of aryl methyl sites for hydroxylation is 1. The number of hydrogen-bond acceptors (Lipinski definition) is 8. The third-order valence-corrected chi connectivity index (χ3v) is 7.51. The van der Waals surface area contributed by atoms with Gasteiger partial charge in [0.1, 0.15) is 12.6 Å². The molecular formula is C24H25BrN6O4S. The van der Waals surface area contributed by atoms with E-state index in [4.69, 9.17) is 14.5 Å². The van der Waals surface area contributed by atoms with Crippen LogP contribution in [0, 0.1) is 5.92 Å². The lowest BCUT2D eigenvalue weighted by Crippen LogP contribution is -2.35. The van der Waals surface area contributed by atoms with Gasteiger partial charge in [-0.15, -0.1) is 0 Å². The summed E-state index contributed by atoms with van der Waals surface area (Å²) < 4.78 is 14.7. The van der Waals surface area contributed by atoms with Crippen molar-refractivity contribution in [1.82, 2.24) is 24.8 Å². The van der Waals surface area contributed by atoms with E-state index in [1.807, 2.05) is 28.8 Å². The first-order valence-electron chi connectivity index (χ1n) is 11.6. The molecule has 12 heteroatoms. The number of thioether (sulfide) groups is 1. The number of nitrogens with zero attached hydrogens (tertiary/aromatic N) is 4. The fourth-order valence-corrected chi connectivity index (χ4v) is 5.44. The van der Waals surface area contributed by atoms with Crippen LogP contribution in [0.5, 0.6) is 0 Å². The molecule has 2 amide bonds. The van der Waals surface area contributed by atoms with E-state index in [2.05, 4.69) is 36.5 Å². The predicted octanol–water partition coefficient (Wildman–Crippen LogP) is 4.49. The van der Waals surface area contributed by atoms with E-state index in [1.165, 1.54) is 25.0 Å². The summed E-state index contributed by atoms with van der Waals surface area (Å²) in [4.78, 5) is 36.9. The summed E-state index contributed by atoms with van der Waals surface area (Å²) in [6.07, 6.45) is 5.35. The molecule has 5 rings (SSSR count). The number of carbonyl (C=O) groups is 2. The van der Waals surface area contributed by atoms with Crippen LogP contribution in [0.4, 0.5) is 5.82 Å². The van der Waals surface area contributed by atoms with Crippen molar-refractivity contribution in [3.63, 3.8) is 0 Å². The first-order valence-corrected chi connectivity index (χ1v) is 13.2. The SMILES string of the molecule is CC(=O)Nc1ncnc2c1nc(SC1=COC(c3ccccc3Br)O1)n2CCC(NC(C)=O)C1CC1. The van der Waals surface area contributed by atoms with E-state index in [1.54, 1.807) is 13.2 Å². The molecule has 3 aromatic rings. The number of imidazole rings is 1. The summed E-state index contributed by atoms with van der Waals surface area (Å²) in [5.74, 6) is 0.554. The van der Waals surface area contributed by atoms with Gasteiger partial charge in [-0.05, 0) is 43.0 Å². The highest BCUT2D eigenvalue weighted by Crippen LogP contribution is 2.41. The second kappa shape index (κ2) is 10.5. The molecule has 36 heavy (non-hydrogen) atoms. The van der Waals surface area contributed by atoms with Crippen LogP contribution in [-0.2, 0) is 25.6 Å². The van der Waals surface area contributed by atoms with Crippen molar-refractivity contribution in [1.29, 1.82) is 0 Å². The highest BCUT2D eigenvalue weighted by molar-refractivity contribution is 9.10. The van der Waals surface area contributed by atoms with Gasteiger partial charge >= 0.3 is 0 Å². The van der Waals surface area contributed by atoms with Gasteiger partial charge in [0.15, 0.2) is 22.1 Å². The fourth-order valence-electron chi connectivity index (χ4n) is 4.13. The monoisotopic (exact) mass is 572 g/mol. The molecule has 0 radical (unpaired) electrons. The minimum absolute atomic E-state index is 0.0352. The van der Waals surface area contributed by atoms with Gasteiger partial charge < -0.3 is 24.7 Å². The lowest BCUT2D eigenvalue weighted by molar-refractivity contribution is -0.120. The Hall–Kier alpha value is -3.12. The molecule has 1 aliphatic heterocycles. The van der Waals surface area contributed by atoms with Gasteiger partial charge in [0.25, 0.3) is 6.29 Å². The Kier molecular flexibility index (Phi) is 7.15. The molecule has 1 fully saturated rings. The van der Waals surface area contributed by atoms with Gasteiger partial charge in [0.05, 0.1) is 0 Å². The number of nitrogens with one attached hydrogen (secondary N) is 2. The largest absolute Gasteiger partial charge is 0.454 e. The van der Waals surface area contributed by atoms with Crippen molar-refractivity contribution in [2.24, 2.45) is 5.92 Å². The summed E-state index contributed by atoms with van der Waals surface area (Å²) in [5.41, 5.74) is 1.95. The Balaban J connectivity index is 1.42. The fraction of sp³-hybridized carbons (Fsp3) is 0.375. The quantitative estimate of drug-likeness (QED) is 0.385. The molecule has 1 saturated carbocycles. The van der Waals surface area contributed by atoms with Gasteiger partial charge in [-0.3, -0.25) is 9.59 Å². The van der Waals surface area contributed by atoms with Crippen LogP contribution in [0.25, 0.3) is 11.2 Å². The van der Waals surface area contributed by atoms with Crippen molar-refractivity contribution in [2.45, 2.75) is 57.1 Å². The third-order valence-electron chi connectivity index (χ3n) is 5.90. The number of amides is 2. The van der Waals surface area contributed by atoms with E-state index in [-0.39, 0.29) is 17.9 Å². The predicted molar refractivity (Wildman–Crippen MR) is 138 cm³/mol.